The standard InChI is InChI=1S/C17H11ClO3/c18-16(19)14-10-13-9-12(6-7-15(13)21-17(14)20)8-11-4-2-1-3-5-11/h1-7,9-10H,8H2. The van der Waals surface area contributed by atoms with Gasteiger partial charge in [-0.2, -0.15) is 0 Å². The molecule has 4 heteroatoms. The van der Waals surface area contributed by atoms with Gasteiger partial charge in [0.15, 0.2) is 0 Å². The van der Waals surface area contributed by atoms with Crippen LogP contribution in [-0.2, 0) is 6.42 Å². The molecule has 0 spiro atoms. The summed E-state index contributed by atoms with van der Waals surface area (Å²) in [7, 11) is 0. The van der Waals surface area contributed by atoms with Crippen LogP contribution in [0.5, 0.6) is 0 Å². The Hall–Kier alpha value is -2.39. The van der Waals surface area contributed by atoms with E-state index in [1.165, 1.54) is 11.6 Å². The van der Waals surface area contributed by atoms with Crippen molar-refractivity contribution in [3.8, 4) is 0 Å². The van der Waals surface area contributed by atoms with Gasteiger partial charge in [-0.05, 0) is 47.3 Å². The van der Waals surface area contributed by atoms with Gasteiger partial charge in [-0.15, -0.1) is 0 Å². The lowest BCUT2D eigenvalue weighted by atomic mass is 10.0. The van der Waals surface area contributed by atoms with Crippen LogP contribution in [0.3, 0.4) is 0 Å². The predicted molar refractivity (Wildman–Crippen MR) is 81.9 cm³/mol. The summed E-state index contributed by atoms with van der Waals surface area (Å²) in [5.74, 6) is 0. The van der Waals surface area contributed by atoms with E-state index in [0.29, 0.717) is 11.0 Å². The highest BCUT2D eigenvalue weighted by Crippen LogP contribution is 2.18. The maximum absolute atomic E-state index is 11.6. The fraction of sp³-hybridized carbons (Fsp3) is 0.0588. The quantitative estimate of drug-likeness (QED) is 0.546. The molecule has 1 heterocycles. The first kappa shape index (κ1) is 13.6. The van der Waals surface area contributed by atoms with E-state index >= 15 is 0 Å². The minimum atomic E-state index is -0.806. The first-order valence-corrected chi connectivity index (χ1v) is 6.82. The van der Waals surface area contributed by atoms with E-state index in [4.69, 9.17) is 16.0 Å². The van der Waals surface area contributed by atoms with Gasteiger partial charge in [0.2, 0.25) is 0 Å². The van der Waals surface area contributed by atoms with Crippen LogP contribution in [0.15, 0.2) is 63.8 Å². The molecule has 3 nitrogen and oxygen atoms in total. The molecule has 0 saturated heterocycles. The van der Waals surface area contributed by atoms with Crippen molar-refractivity contribution in [2.75, 3.05) is 0 Å². The Labute approximate surface area is 125 Å². The first-order chi connectivity index (χ1) is 10.1. The summed E-state index contributed by atoms with van der Waals surface area (Å²) in [6.07, 6.45) is 0.764. The summed E-state index contributed by atoms with van der Waals surface area (Å²) in [5.41, 5.74) is 1.84. The summed E-state index contributed by atoms with van der Waals surface area (Å²) in [6.45, 7) is 0. The molecule has 0 aliphatic carbocycles. The number of halogens is 1. The predicted octanol–water partition coefficient (Wildman–Crippen LogP) is 3.76. The van der Waals surface area contributed by atoms with Crippen molar-refractivity contribution in [3.63, 3.8) is 0 Å². The van der Waals surface area contributed by atoms with Crippen LogP contribution in [-0.4, -0.2) is 5.24 Å². The zero-order chi connectivity index (χ0) is 14.8. The number of hydrogen-bond acceptors (Lipinski definition) is 3. The Morgan fingerprint density at radius 2 is 1.76 bits per heavy atom. The Kier molecular flexibility index (Phi) is 3.59. The van der Waals surface area contributed by atoms with Crippen molar-refractivity contribution >= 4 is 27.8 Å². The lowest BCUT2D eigenvalue weighted by Crippen LogP contribution is -2.09. The monoisotopic (exact) mass is 298 g/mol. The Morgan fingerprint density at radius 3 is 2.48 bits per heavy atom. The molecule has 0 N–H and O–H groups in total. The fourth-order valence-electron chi connectivity index (χ4n) is 2.25. The molecule has 0 saturated carbocycles. The molecule has 3 aromatic rings. The van der Waals surface area contributed by atoms with Crippen LogP contribution in [0.4, 0.5) is 0 Å². The molecule has 3 rings (SSSR count). The van der Waals surface area contributed by atoms with Crippen LogP contribution in [0, 0.1) is 0 Å². The Balaban J connectivity index is 2.05. The molecule has 0 radical (unpaired) electrons. The molecular weight excluding hydrogens is 288 g/mol. The van der Waals surface area contributed by atoms with E-state index < -0.39 is 10.9 Å². The normalized spacial score (nSPS) is 10.7. The van der Waals surface area contributed by atoms with Crippen LogP contribution >= 0.6 is 11.6 Å². The van der Waals surface area contributed by atoms with Gasteiger partial charge in [0, 0.05) is 5.39 Å². The number of benzene rings is 2. The summed E-state index contributed by atoms with van der Waals surface area (Å²) in [4.78, 5) is 22.8. The fourth-order valence-corrected chi connectivity index (χ4v) is 2.38. The summed E-state index contributed by atoms with van der Waals surface area (Å²) in [6, 6.07) is 17.0. The van der Waals surface area contributed by atoms with Gasteiger partial charge >= 0.3 is 5.63 Å². The minimum absolute atomic E-state index is 0.138. The van der Waals surface area contributed by atoms with Crippen molar-refractivity contribution in [1.82, 2.24) is 0 Å². The second kappa shape index (κ2) is 5.54. The molecule has 0 aliphatic heterocycles. The SMILES string of the molecule is O=C(Cl)c1cc2cc(Cc3ccccc3)ccc2oc1=O. The van der Waals surface area contributed by atoms with Crippen molar-refractivity contribution < 1.29 is 9.21 Å². The lowest BCUT2D eigenvalue weighted by molar-refractivity contribution is 0.107. The van der Waals surface area contributed by atoms with Crippen LogP contribution in [0.25, 0.3) is 11.0 Å². The molecule has 0 aliphatic rings. The summed E-state index contributed by atoms with van der Waals surface area (Å²) >= 11 is 5.38. The zero-order valence-corrected chi connectivity index (χ0v) is 11.8. The summed E-state index contributed by atoms with van der Waals surface area (Å²) < 4.78 is 5.10. The number of carbonyl (C=O) groups is 1. The molecule has 104 valence electrons. The summed E-state index contributed by atoms with van der Waals surface area (Å²) in [5, 5.41) is -0.119. The average molecular weight is 299 g/mol. The molecule has 0 atom stereocenters. The van der Waals surface area contributed by atoms with Crippen LogP contribution in [0.2, 0.25) is 0 Å². The van der Waals surface area contributed by atoms with Crippen LogP contribution in [0.1, 0.15) is 21.5 Å². The minimum Gasteiger partial charge on any atom is -0.422 e. The third-order valence-electron chi connectivity index (χ3n) is 3.26. The van der Waals surface area contributed by atoms with E-state index in [2.05, 4.69) is 0 Å². The van der Waals surface area contributed by atoms with Crippen molar-refractivity contribution in [2.45, 2.75) is 6.42 Å². The number of carbonyl (C=O) groups excluding carboxylic acids is 1. The highest BCUT2D eigenvalue weighted by molar-refractivity contribution is 6.67. The van der Waals surface area contributed by atoms with E-state index in [9.17, 15) is 9.59 Å². The Bertz CT molecular complexity index is 866. The second-order valence-corrected chi connectivity index (χ2v) is 5.10. The van der Waals surface area contributed by atoms with Gasteiger partial charge in [-0.3, -0.25) is 4.79 Å². The van der Waals surface area contributed by atoms with Gasteiger partial charge in [0.05, 0.1) is 0 Å². The van der Waals surface area contributed by atoms with Crippen molar-refractivity contribution in [2.24, 2.45) is 0 Å². The van der Waals surface area contributed by atoms with Gasteiger partial charge in [-0.25, -0.2) is 4.79 Å². The maximum atomic E-state index is 11.6. The molecule has 0 amide bonds. The smallest absolute Gasteiger partial charge is 0.348 e. The van der Waals surface area contributed by atoms with Gasteiger partial charge in [0.25, 0.3) is 5.24 Å². The van der Waals surface area contributed by atoms with Gasteiger partial charge in [-0.1, -0.05) is 36.4 Å². The largest absolute Gasteiger partial charge is 0.422 e. The van der Waals surface area contributed by atoms with Gasteiger partial charge < -0.3 is 4.42 Å². The van der Waals surface area contributed by atoms with Crippen molar-refractivity contribution in [1.29, 1.82) is 0 Å². The maximum Gasteiger partial charge on any atom is 0.348 e. The molecule has 0 fully saturated rings. The lowest BCUT2D eigenvalue weighted by Gasteiger charge is -2.04. The van der Waals surface area contributed by atoms with E-state index in [1.54, 1.807) is 6.07 Å². The molecular formula is C17H11ClO3. The number of rotatable bonds is 3. The highest BCUT2D eigenvalue weighted by Gasteiger charge is 2.11. The zero-order valence-electron chi connectivity index (χ0n) is 11.0. The molecule has 21 heavy (non-hydrogen) atoms. The number of fused-ring (bicyclic) bond motifs is 1. The van der Waals surface area contributed by atoms with Crippen LogP contribution < -0.4 is 5.63 Å². The average Bonchev–Trinajstić information content (AvgIpc) is 2.47. The Morgan fingerprint density at radius 1 is 1.00 bits per heavy atom. The number of hydrogen-bond donors (Lipinski definition) is 0. The third-order valence-corrected chi connectivity index (χ3v) is 3.46. The third kappa shape index (κ3) is 2.88. The first-order valence-electron chi connectivity index (χ1n) is 6.44. The molecule has 1 aromatic heterocycles. The highest BCUT2D eigenvalue weighted by atomic mass is 35.5. The molecule has 2 aromatic carbocycles. The van der Waals surface area contributed by atoms with Gasteiger partial charge in [0.1, 0.15) is 11.1 Å². The second-order valence-electron chi connectivity index (χ2n) is 4.76. The topological polar surface area (TPSA) is 47.3 Å². The van der Waals surface area contributed by atoms with E-state index in [1.807, 2.05) is 42.5 Å². The van der Waals surface area contributed by atoms with E-state index in [-0.39, 0.29) is 5.56 Å². The van der Waals surface area contributed by atoms with Crippen molar-refractivity contribution in [3.05, 3.63) is 81.7 Å². The molecule has 0 bridgehead atoms. The molecule has 0 unspecified atom stereocenters. The van der Waals surface area contributed by atoms with E-state index in [0.717, 1.165) is 12.0 Å².